The second-order valence-electron chi connectivity index (χ2n) is 6.83. The van der Waals surface area contributed by atoms with Crippen LogP contribution in [0.2, 0.25) is 13.1 Å². The summed E-state index contributed by atoms with van der Waals surface area (Å²) in [6.07, 6.45) is 0. The van der Waals surface area contributed by atoms with Gasteiger partial charge in [-0.3, -0.25) is 0 Å². The Hall–Kier alpha value is -0.140. The van der Waals surface area contributed by atoms with Crippen molar-refractivity contribution in [3.63, 3.8) is 0 Å². The van der Waals surface area contributed by atoms with Gasteiger partial charge in [-0.2, -0.15) is 34.4 Å². The van der Waals surface area contributed by atoms with Gasteiger partial charge >= 0.3 is 26.2 Å². The summed E-state index contributed by atoms with van der Waals surface area (Å²) in [5, 5.41) is 2.72. The summed E-state index contributed by atoms with van der Waals surface area (Å²) in [6.45, 7) is 17.4. The molecule has 0 atom stereocenters. The normalized spacial score (nSPS) is 9.07. The monoisotopic (exact) mass is 496 g/mol. The summed E-state index contributed by atoms with van der Waals surface area (Å²) < 4.78 is 0. The van der Waals surface area contributed by atoms with E-state index in [1.165, 1.54) is 38.6 Å². The van der Waals surface area contributed by atoms with E-state index in [1.807, 2.05) is 0 Å². The molecule has 0 nitrogen and oxygen atoms in total. The maximum atomic E-state index is 2.28. The van der Waals surface area contributed by atoms with E-state index in [1.54, 1.807) is 0 Å². The van der Waals surface area contributed by atoms with Crippen LogP contribution in [0, 0.1) is 27.7 Å². The number of aryl methyl sites for hydroxylation is 2. The zero-order valence-corrected chi connectivity index (χ0v) is 22.8. The molecule has 0 heterocycles. The molecule has 0 aliphatic carbocycles. The Bertz CT molecular complexity index is 701. The van der Waals surface area contributed by atoms with E-state index in [4.69, 9.17) is 0 Å². The summed E-state index contributed by atoms with van der Waals surface area (Å²) in [6, 6.07) is 15.3. The fraction of sp³-hybridized carbons (Fsp3) is 0.391. The molecule has 0 aliphatic rings. The average Bonchev–Trinajstić information content (AvgIpc) is 3.07. The first-order chi connectivity index (χ1) is 11.3. The Morgan fingerprint density at radius 2 is 1.26 bits per heavy atom. The van der Waals surface area contributed by atoms with Crippen molar-refractivity contribution in [3.05, 3.63) is 70.3 Å². The Morgan fingerprint density at radius 1 is 0.815 bits per heavy atom. The summed E-state index contributed by atoms with van der Waals surface area (Å²) in [5.41, 5.74) is 7.19. The van der Waals surface area contributed by atoms with Crippen LogP contribution < -0.4 is 24.8 Å². The minimum Gasteiger partial charge on any atom is -1.00 e. The van der Waals surface area contributed by atoms with Crippen molar-refractivity contribution >= 4 is 20.3 Å². The minimum atomic E-state index is 0. The quantitative estimate of drug-likeness (QED) is 0.349. The van der Waals surface area contributed by atoms with Gasteiger partial charge in [0.1, 0.15) is 0 Å². The van der Waals surface area contributed by atoms with Gasteiger partial charge in [0.2, 0.25) is 0 Å². The van der Waals surface area contributed by atoms with Gasteiger partial charge in [-0.25, -0.2) is 0 Å². The van der Waals surface area contributed by atoms with Gasteiger partial charge in [-0.05, 0) is 5.92 Å². The molecule has 0 amide bonds. The molecular weight excluding hydrogens is 466 g/mol. The molecule has 0 bridgehead atoms. The SMILES string of the molecule is CC(C)c1cc2ccccc2[cH-]1.C[Si]C.Cc1[cH-]c(C)c(C)c1C.[Cl-].[Cl-].[Zr+4]. The van der Waals surface area contributed by atoms with Crippen LogP contribution in [0.25, 0.3) is 10.8 Å². The van der Waals surface area contributed by atoms with Crippen LogP contribution in [0.3, 0.4) is 0 Å². The molecule has 0 aromatic heterocycles. The van der Waals surface area contributed by atoms with Crippen molar-refractivity contribution in [1.82, 2.24) is 0 Å². The van der Waals surface area contributed by atoms with Crippen LogP contribution >= 0.6 is 0 Å². The first kappa shape index (κ1) is 31.6. The molecule has 0 saturated heterocycles. The summed E-state index contributed by atoms with van der Waals surface area (Å²) in [4.78, 5) is 0. The van der Waals surface area contributed by atoms with E-state index in [9.17, 15) is 0 Å². The molecule has 0 aliphatic heterocycles. The first-order valence-electron chi connectivity index (χ1n) is 8.75. The topological polar surface area (TPSA) is 0 Å². The molecule has 3 aromatic carbocycles. The first-order valence-corrected chi connectivity index (χ1v) is 10.8. The maximum Gasteiger partial charge on any atom is 4.00 e. The molecule has 4 heteroatoms. The third-order valence-corrected chi connectivity index (χ3v) is 4.49. The Labute approximate surface area is 201 Å². The van der Waals surface area contributed by atoms with Gasteiger partial charge in [-0.15, -0.1) is 40.6 Å². The van der Waals surface area contributed by atoms with Gasteiger partial charge in [0.05, 0.1) is 0 Å². The minimum absolute atomic E-state index is 0. The van der Waals surface area contributed by atoms with E-state index in [2.05, 4.69) is 97.1 Å². The smallest absolute Gasteiger partial charge is 1.00 e. The zero-order chi connectivity index (χ0) is 18.3. The van der Waals surface area contributed by atoms with Crippen molar-refractivity contribution in [1.29, 1.82) is 0 Å². The molecule has 27 heavy (non-hydrogen) atoms. The van der Waals surface area contributed by atoms with Gasteiger partial charge in [0.15, 0.2) is 0 Å². The number of rotatable bonds is 1. The molecule has 3 aromatic rings. The Kier molecular flexibility index (Phi) is 18.4. The van der Waals surface area contributed by atoms with Crippen molar-refractivity contribution in [2.45, 2.75) is 60.6 Å². The molecular formula is C23H32Cl2SiZr. The van der Waals surface area contributed by atoms with Crippen LogP contribution in [0.4, 0.5) is 0 Å². The summed E-state index contributed by atoms with van der Waals surface area (Å²) in [7, 11) is 1.08. The van der Waals surface area contributed by atoms with Crippen molar-refractivity contribution < 1.29 is 51.0 Å². The van der Waals surface area contributed by atoms with Crippen LogP contribution in [-0.4, -0.2) is 9.52 Å². The summed E-state index contributed by atoms with van der Waals surface area (Å²) >= 11 is 0. The van der Waals surface area contributed by atoms with Crippen LogP contribution in [0.5, 0.6) is 0 Å². The van der Waals surface area contributed by atoms with Crippen molar-refractivity contribution in [2.24, 2.45) is 0 Å². The number of hydrogen-bond acceptors (Lipinski definition) is 0. The maximum absolute atomic E-state index is 2.28. The van der Waals surface area contributed by atoms with E-state index < -0.39 is 0 Å². The summed E-state index contributed by atoms with van der Waals surface area (Å²) in [5.74, 6) is 0.636. The molecule has 0 fully saturated rings. The average molecular weight is 499 g/mol. The Balaban J connectivity index is -0.000000348. The number of benzene rings is 1. The van der Waals surface area contributed by atoms with E-state index in [-0.39, 0.29) is 51.0 Å². The fourth-order valence-corrected chi connectivity index (χ4v) is 2.64. The van der Waals surface area contributed by atoms with E-state index in [0.717, 1.165) is 9.52 Å². The molecule has 0 spiro atoms. The van der Waals surface area contributed by atoms with Gasteiger partial charge in [0, 0.05) is 9.52 Å². The molecule has 3 rings (SSSR count). The van der Waals surface area contributed by atoms with Crippen LogP contribution in [-0.2, 0) is 26.2 Å². The van der Waals surface area contributed by atoms with Crippen molar-refractivity contribution in [2.75, 3.05) is 0 Å². The second kappa shape index (κ2) is 15.7. The molecule has 0 unspecified atom stereocenters. The molecule has 146 valence electrons. The molecule has 2 radical (unpaired) electrons. The second-order valence-corrected chi connectivity index (χ2v) is 7.83. The predicted molar refractivity (Wildman–Crippen MR) is 112 cm³/mol. The number of fused-ring (bicyclic) bond motifs is 1. The van der Waals surface area contributed by atoms with Crippen LogP contribution in [0.1, 0.15) is 47.6 Å². The fourth-order valence-electron chi connectivity index (χ4n) is 2.64. The largest absolute Gasteiger partial charge is 4.00 e. The number of halogens is 2. The standard InChI is InChI=1S/C12H13.C9H13.C2H6Si.2ClH.Zr/c1-9(2)12-7-10-5-3-4-6-11(10)8-12;1-6-5-7(2)9(4)8(6)3;1-3-2;;;/h3-9H,1-2H3;5H,1-4H3;1-2H3;2*1H;/q2*-1;;;;+4/p-2. The van der Waals surface area contributed by atoms with Crippen molar-refractivity contribution in [3.8, 4) is 0 Å². The van der Waals surface area contributed by atoms with Crippen LogP contribution in [0.15, 0.2) is 42.5 Å². The van der Waals surface area contributed by atoms with Gasteiger partial charge in [0.25, 0.3) is 0 Å². The van der Waals surface area contributed by atoms with Gasteiger partial charge < -0.3 is 24.8 Å². The molecule has 0 N–H and O–H groups in total. The Morgan fingerprint density at radius 3 is 1.59 bits per heavy atom. The zero-order valence-electron chi connectivity index (χ0n) is 17.9. The molecule has 0 saturated carbocycles. The van der Waals surface area contributed by atoms with E-state index >= 15 is 0 Å². The third-order valence-electron chi connectivity index (χ3n) is 4.49. The third kappa shape index (κ3) is 9.75. The van der Waals surface area contributed by atoms with Gasteiger partial charge in [-0.1, -0.05) is 60.7 Å². The predicted octanol–water partition coefficient (Wildman–Crippen LogP) is 1.11. The number of hydrogen-bond donors (Lipinski definition) is 0. The van der Waals surface area contributed by atoms with E-state index in [0.29, 0.717) is 5.92 Å².